The number of aryl methyl sites for hydroxylation is 1. The van der Waals surface area contributed by atoms with E-state index in [0.717, 1.165) is 52.2 Å². The molecule has 3 aliphatic rings. The van der Waals surface area contributed by atoms with E-state index in [0.29, 0.717) is 48.5 Å². The second-order valence-corrected chi connectivity index (χ2v) is 14.7. The number of fused-ring (bicyclic) bond motifs is 2. The molecule has 0 radical (unpaired) electrons. The molecule has 52 heavy (non-hydrogen) atoms. The van der Waals surface area contributed by atoms with Crippen molar-refractivity contribution in [2.75, 3.05) is 57.7 Å². The third-order valence-electron chi connectivity index (χ3n) is 10.7. The van der Waals surface area contributed by atoms with Crippen molar-refractivity contribution in [1.29, 1.82) is 0 Å². The minimum atomic E-state index is -0.638. The Morgan fingerprint density at radius 1 is 0.962 bits per heavy atom. The standard InChI is InChI=1S/C39H45N7O6/c1-39(2)22-44(25-9-8-23-19-46(38(50)26(23)16-25)31-10-11-35(47)41-36(31)48)12-13-45(39)21-30-32(51-6)14-24(15-33(30)52-7)29-20-43(5)37(49)28-18-40-34(42(3)4)17-27(28)29/h8-9,14-18,20,31H,10-13,19,21-22H2,1-7H3,(H,41,47,48). The molecule has 0 saturated carbocycles. The number of piperazine rings is 1. The maximum Gasteiger partial charge on any atom is 0.259 e. The van der Waals surface area contributed by atoms with Gasteiger partial charge in [-0.2, -0.15) is 0 Å². The first kappa shape index (κ1) is 35.0. The second kappa shape index (κ2) is 13.3. The number of amides is 3. The minimum absolute atomic E-state index is 0.117. The van der Waals surface area contributed by atoms with Crippen molar-refractivity contribution in [3.05, 3.63) is 75.8 Å². The molecule has 4 aromatic rings. The fourth-order valence-electron chi connectivity index (χ4n) is 7.75. The van der Waals surface area contributed by atoms with Crippen molar-refractivity contribution >= 4 is 40.0 Å². The Labute approximate surface area is 302 Å². The number of benzene rings is 2. The van der Waals surface area contributed by atoms with Crippen LogP contribution >= 0.6 is 0 Å². The lowest BCUT2D eigenvalue weighted by Crippen LogP contribution is -2.59. The van der Waals surface area contributed by atoms with E-state index in [1.54, 1.807) is 36.9 Å². The van der Waals surface area contributed by atoms with Crippen molar-refractivity contribution in [2.45, 2.75) is 51.4 Å². The van der Waals surface area contributed by atoms with E-state index in [1.807, 2.05) is 55.5 Å². The van der Waals surface area contributed by atoms with E-state index in [-0.39, 0.29) is 29.3 Å². The van der Waals surface area contributed by atoms with Crippen molar-refractivity contribution < 1.29 is 23.9 Å². The molecular weight excluding hydrogens is 662 g/mol. The summed E-state index contributed by atoms with van der Waals surface area (Å²) in [6.45, 7) is 7.56. The van der Waals surface area contributed by atoms with Gasteiger partial charge in [-0.05, 0) is 61.7 Å². The molecule has 2 saturated heterocycles. The molecule has 1 atom stereocenters. The number of methoxy groups -OCH3 is 2. The lowest BCUT2D eigenvalue weighted by molar-refractivity contribution is -0.136. The van der Waals surface area contributed by atoms with Gasteiger partial charge in [-0.15, -0.1) is 0 Å². The Balaban J connectivity index is 1.13. The topological polar surface area (TPSA) is 130 Å². The molecule has 0 spiro atoms. The van der Waals surface area contributed by atoms with Gasteiger partial charge in [0.05, 0.1) is 25.2 Å². The highest BCUT2D eigenvalue weighted by molar-refractivity contribution is 6.05. The zero-order valence-corrected chi connectivity index (χ0v) is 30.8. The fraction of sp³-hybridized carbons (Fsp3) is 0.410. The molecule has 7 rings (SSSR count). The van der Waals surface area contributed by atoms with Crippen LogP contribution in [0.4, 0.5) is 11.5 Å². The molecule has 2 aromatic carbocycles. The van der Waals surface area contributed by atoms with Gasteiger partial charge >= 0.3 is 0 Å². The van der Waals surface area contributed by atoms with Crippen LogP contribution in [0.5, 0.6) is 11.5 Å². The molecule has 0 bridgehead atoms. The summed E-state index contributed by atoms with van der Waals surface area (Å²) in [6.07, 6.45) is 4.05. The number of carbonyl (C=O) groups is 3. The Kier molecular flexibility index (Phi) is 8.94. The fourth-order valence-corrected chi connectivity index (χ4v) is 7.75. The van der Waals surface area contributed by atoms with Crippen molar-refractivity contribution in [2.24, 2.45) is 7.05 Å². The first-order valence-electron chi connectivity index (χ1n) is 17.5. The number of rotatable bonds is 8. The van der Waals surface area contributed by atoms with Gasteiger partial charge in [0.25, 0.3) is 11.5 Å². The van der Waals surface area contributed by atoms with Gasteiger partial charge in [0, 0.05) is 100 Å². The number of hydrogen-bond donors (Lipinski definition) is 1. The molecule has 2 aromatic heterocycles. The van der Waals surface area contributed by atoms with E-state index in [9.17, 15) is 19.2 Å². The molecule has 1 unspecified atom stereocenters. The number of anilines is 2. The molecule has 272 valence electrons. The van der Waals surface area contributed by atoms with E-state index < -0.39 is 11.9 Å². The molecule has 5 heterocycles. The van der Waals surface area contributed by atoms with Crippen LogP contribution in [0.15, 0.2) is 53.6 Å². The summed E-state index contributed by atoms with van der Waals surface area (Å²) in [4.78, 5) is 63.5. The lowest BCUT2D eigenvalue weighted by Gasteiger charge is -2.48. The number of imide groups is 1. The summed E-state index contributed by atoms with van der Waals surface area (Å²) in [5.41, 5.74) is 4.73. The molecule has 13 heteroatoms. The Morgan fingerprint density at radius 2 is 1.69 bits per heavy atom. The number of hydrogen-bond acceptors (Lipinski definition) is 10. The van der Waals surface area contributed by atoms with Crippen LogP contribution in [0.25, 0.3) is 21.9 Å². The normalized spacial score (nSPS) is 18.8. The zero-order chi connectivity index (χ0) is 37.1. The number of nitrogens with one attached hydrogen (secondary N) is 1. The molecule has 0 aliphatic carbocycles. The number of piperidine rings is 1. The van der Waals surface area contributed by atoms with Gasteiger partial charge in [-0.25, -0.2) is 4.98 Å². The van der Waals surface area contributed by atoms with E-state index in [1.165, 1.54) is 0 Å². The zero-order valence-electron chi connectivity index (χ0n) is 30.8. The first-order valence-corrected chi connectivity index (χ1v) is 17.5. The lowest BCUT2D eigenvalue weighted by atomic mass is 9.95. The summed E-state index contributed by atoms with van der Waals surface area (Å²) in [7, 11) is 8.90. The largest absolute Gasteiger partial charge is 0.496 e. The third-order valence-corrected chi connectivity index (χ3v) is 10.7. The maximum absolute atomic E-state index is 13.5. The summed E-state index contributed by atoms with van der Waals surface area (Å²) in [5, 5.41) is 3.70. The van der Waals surface area contributed by atoms with Crippen LogP contribution < -0.4 is 30.1 Å². The predicted molar refractivity (Wildman–Crippen MR) is 199 cm³/mol. The third kappa shape index (κ3) is 6.12. The van der Waals surface area contributed by atoms with Gasteiger partial charge < -0.3 is 28.7 Å². The highest BCUT2D eigenvalue weighted by atomic mass is 16.5. The van der Waals surface area contributed by atoms with Gasteiger partial charge in [0.15, 0.2) is 0 Å². The summed E-state index contributed by atoms with van der Waals surface area (Å²) in [5.74, 6) is 1.25. The summed E-state index contributed by atoms with van der Waals surface area (Å²) in [6, 6.07) is 11.3. The Bertz CT molecular complexity index is 2150. The molecular formula is C39H45N7O6. The molecule has 1 N–H and O–H groups in total. The SMILES string of the molecule is COc1cc(-c2cn(C)c(=O)c3cnc(N(C)C)cc23)cc(OC)c1CN1CCN(c2ccc3c(c2)C(=O)N(C2CCC(=O)NC2=O)C3)CC1(C)C. The quantitative estimate of drug-likeness (QED) is 0.272. The van der Waals surface area contributed by atoms with Crippen LogP contribution in [0, 0.1) is 0 Å². The molecule has 3 amide bonds. The van der Waals surface area contributed by atoms with Gasteiger partial charge in [-0.1, -0.05) is 6.07 Å². The first-order chi connectivity index (χ1) is 24.8. The smallest absolute Gasteiger partial charge is 0.259 e. The minimum Gasteiger partial charge on any atom is -0.496 e. The Morgan fingerprint density at radius 3 is 2.35 bits per heavy atom. The van der Waals surface area contributed by atoms with Crippen LogP contribution in [0.3, 0.4) is 0 Å². The van der Waals surface area contributed by atoms with Crippen LogP contribution in [0.2, 0.25) is 0 Å². The van der Waals surface area contributed by atoms with E-state index >= 15 is 0 Å². The van der Waals surface area contributed by atoms with Crippen LogP contribution in [-0.4, -0.2) is 96.6 Å². The van der Waals surface area contributed by atoms with Crippen molar-refractivity contribution in [1.82, 2.24) is 24.7 Å². The maximum atomic E-state index is 13.5. The number of ether oxygens (including phenoxy) is 2. The summed E-state index contributed by atoms with van der Waals surface area (Å²) < 4.78 is 13.6. The number of aromatic nitrogens is 2. The molecule has 13 nitrogen and oxygen atoms in total. The predicted octanol–water partition coefficient (Wildman–Crippen LogP) is 3.55. The van der Waals surface area contributed by atoms with Crippen molar-refractivity contribution in [3.63, 3.8) is 0 Å². The number of carbonyl (C=O) groups excluding carboxylic acids is 3. The van der Waals surface area contributed by atoms with Gasteiger partial charge in [-0.3, -0.25) is 29.4 Å². The average Bonchev–Trinajstić information content (AvgIpc) is 3.44. The molecule has 2 fully saturated rings. The monoisotopic (exact) mass is 707 g/mol. The number of pyridine rings is 2. The van der Waals surface area contributed by atoms with E-state index in [2.05, 4.69) is 40.0 Å². The Hall–Kier alpha value is -5.43. The highest BCUT2D eigenvalue weighted by Gasteiger charge is 2.40. The average molecular weight is 708 g/mol. The van der Waals surface area contributed by atoms with E-state index in [4.69, 9.17) is 9.47 Å². The van der Waals surface area contributed by atoms with Crippen molar-refractivity contribution in [3.8, 4) is 22.6 Å². The second-order valence-electron chi connectivity index (χ2n) is 14.7. The molecule has 3 aliphatic heterocycles. The number of nitrogens with zero attached hydrogens (tertiary/aromatic N) is 6. The summed E-state index contributed by atoms with van der Waals surface area (Å²) >= 11 is 0. The van der Waals surface area contributed by atoms with Crippen LogP contribution in [-0.2, 0) is 29.7 Å². The van der Waals surface area contributed by atoms with Gasteiger partial charge in [0.1, 0.15) is 23.4 Å². The van der Waals surface area contributed by atoms with Gasteiger partial charge in [0.2, 0.25) is 11.8 Å². The van der Waals surface area contributed by atoms with Crippen LogP contribution in [0.1, 0.15) is 48.2 Å². The highest BCUT2D eigenvalue weighted by Crippen LogP contribution is 2.40.